The Hall–Kier alpha value is -1.25. The van der Waals surface area contributed by atoms with Crippen LogP contribution in [0.15, 0.2) is 0 Å². The fourth-order valence-corrected chi connectivity index (χ4v) is 6.90. The van der Waals surface area contributed by atoms with Gasteiger partial charge in [-0.2, -0.15) is 0 Å². The summed E-state index contributed by atoms with van der Waals surface area (Å²) in [7, 11) is 0. The zero-order chi connectivity index (χ0) is 22.4. The number of halogens is 1. The number of aliphatic hydroxyl groups is 1. The molecule has 5 rings (SSSR count). The minimum absolute atomic E-state index is 0.0819. The van der Waals surface area contributed by atoms with Gasteiger partial charge in [0.05, 0.1) is 5.92 Å². The molecule has 2 amide bonds. The monoisotopic (exact) mass is 450 g/mol. The van der Waals surface area contributed by atoms with Gasteiger partial charge in [0, 0.05) is 38.3 Å². The summed E-state index contributed by atoms with van der Waals surface area (Å²) in [6.45, 7) is 3.97. The highest BCUT2D eigenvalue weighted by molar-refractivity contribution is 5.82. The largest absolute Gasteiger partial charge is 0.383 e. The number of rotatable bonds is 4. The highest BCUT2D eigenvalue weighted by Crippen LogP contribution is 2.45. The SMILES string of the molecule is CC1NNC2C(C3CCC(C(=O)N4CCN(C(=O)C(O)C5CC5)CC4)C(F)C3)CCCC12. The number of amides is 2. The van der Waals surface area contributed by atoms with E-state index in [1.54, 1.807) is 9.80 Å². The molecular formula is C24H39FN4O3. The predicted octanol–water partition coefficient (Wildman–Crippen LogP) is 1.46. The highest BCUT2D eigenvalue weighted by atomic mass is 19.1. The molecule has 180 valence electrons. The number of nitrogens with zero attached hydrogens (tertiary/aromatic N) is 2. The number of piperazine rings is 1. The molecule has 0 aromatic carbocycles. The van der Waals surface area contributed by atoms with E-state index in [4.69, 9.17) is 0 Å². The number of carbonyl (C=O) groups is 2. The number of hydrazine groups is 1. The van der Waals surface area contributed by atoms with E-state index in [1.165, 1.54) is 12.8 Å². The second-order valence-corrected chi connectivity index (χ2v) is 11.0. The molecule has 3 aliphatic carbocycles. The Balaban J connectivity index is 1.12. The van der Waals surface area contributed by atoms with Crippen molar-refractivity contribution in [2.45, 2.75) is 82.6 Å². The first-order valence-electron chi connectivity index (χ1n) is 12.8. The number of alkyl halides is 1. The fraction of sp³-hybridized carbons (Fsp3) is 0.917. The van der Waals surface area contributed by atoms with E-state index >= 15 is 4.39 Å². The van der Waals surface area contributed by atoms with Gasteiger partial charge in [-0.15, -0.1) is 0 Å². The van der Waals surface area contributed by atoms with Gasteiger partial charge in [-0.1, -0.05) is 6.42 Å². The Bertz CT molecular complexity index is 711. The first-order chi connectivity index (χ1) is 15.4. The molecule has 8 atom stereocenters. The van der Waals surface area contributed by atoms with Crippen LogP contribution in [0.25, 0.3) is 0 Å². The second-order valence-electron chi connectivity index (χ2n) is 11.0. The van der Waals surface area contributed by atoms with Crippen LogP contribution in [0.5, 0.6) is 0 Å². The lowest BCUT2D eigenvalue weighted by Crippen LogP contribution is -2.55. The second kappa shape index (κ2) is 9.18. The molecule has 7 nitrogen and oxygen atoms in total. The molecule has 3 N–H and O–H groups in total. The number of nitrogens with one attached hydrogen (secondary N) is 2. The lowest BCUT2D eigenvalue weighted by atomic mass is 9.65. The van der Waals surface area contributed by atoms with Crippen LogP contribution in [0, 0.1) is 29.6 Å². The van der Waals surface area contributed by atoms with Gasteiger partial charge in [0.2, 0.25) is 5.91 Å². The average Bonchev–Trinajstić information content (AvgIpc) is 3.60. The van der Waals surface area contributed by atoms with Gasteiger partial charge in [-0.3, -0.25) is 20.4 Å². The Morgan fingerprint density at radius 1 is 0.938 bits per heavy atom. The van der Waals surface area contributed by atoms with E-state index in [0.717, 1.165) is 25.7 Å². The quantitative estimate of drug-likeness (QED) is 0.604. The molecule has 5 fully saturated rings. The van der Waals surface area contributed by atoms with Gasteiger partial charge in [0.25, 0.3) is 5.91 Å². The molecule has 32 heavy (non-hydrogen) atoms. The summed E-state index contributed by atoms with van der Waals surface area (Å²) < 4.78 is 15.3. The first kappa shape index (κ1) is 22.5. The zero-order valence-corrected chi connectivity index (χ0v) is 19.2. The molecule has 0 aromatic heterocycles. The summed E-state index contributed by atoms with van der Waals surface area (Å²) in [5.41, 5.74) is 6.88. The zero-order valence-electron chi connectivity index (χ0n) is 19.2. The third-order valence-electron chi connectivity index (χ3n) is 9.08. The van der Waals surface area contributed by atoms with Crippen molar-refractivity contribution in [2.75, 3.05) is 26.2 Å². The van der Waals surface area contributed by atoms with E-state index in [9.17, 15) is 14.7 Å². The summed E-state index contributed by atoms with van der Waals surface area (Å²) in [6.07, 6.45) is 5.51. The van der Waals surface area contributed by atoms with Crippen LogP contribution in [0.3, 0.4) is 0 Å². The van der Waals surface area contributed by atoms with Crippen molar-refractivity contribution in [3.05, 3.63) is 0 Å². The summed E-state index contributed by atoms with van der Waals surface area (Å²) in [6, 6.07) is 0.901. The molecule has 8 heteroatoms. The number of carbonyl (C=O) groups excluding carboxylic acids is 2. The van der Waals surface area contributed by atoms with Crippen molar-refractivity contribution in [1.29, 1.82) is 0 Å². The minimum atomic E-state index is -1.08. The minimum Gasteiger partial charge on any atom is -0.383 e. The molecule has 8 unspecified atom stereocenters. The Morgan fingerprint density at radius 2 is 1.62 bits per heavy atom. The number of hydrogen-bond donors (Lipinski definition) is 3. The van der Waals surface area contributed by atoms with Crippen molar-refractivity contribution >= 4 is 11.8 Å². The summed E-state index contributed by atoms with van der Waals surface area (Å²) in [4.78, 5) is 28.9. The molecular weight excluding hydrogens is 411 g/mol. The van der Waals surface area contributed by atoms with Crippen molar-refractivity contribution in [1.82, 2.24) is 20.7 Å². The van der Waals surface area contributed by atoms with Crippen LogP contribution in [0.2, 0.25) is 0 Å². The third-order valence-corrected chi connectivity index (χ3v) is 9.08. The maximum Gasteiger partial charge on any atom is 0.251 e. The van der Waals surface area contributed by atoms with Crippen LogP contribution in [0.1, 0.15) is 58.3 Å². The van der Waals surface area contributed by atoms with Crippen LogP contribution >= 0.6 is 0 Å². The number of aliphatic hydroxyl groups excluding tert-OH is 1. The van der Waals surface area contributed by atoms with Crippen molar-refractivity contribution < 1.29 is 19.1 Å². The smallest absolute Gasteiger partial charge is 0.251 e. The van der Waals surface area contributed by atoms with Gasteiger partial charge in [-0.05, 0) is 75.5 Å². The van der Waals surface area contributed by atoms with E-state index < -0.39 is 18.2 Å². The lowest BCUT2D eigenvalue weighted by molar-refractivity contribution is -0.149. The standard InChI is InChI=1S/C24H39FN4O3/c1-14-17-3-2-4-18(21(17)27-26-14)16-7-8-19(20(25)13-16)23(31)28-9-11-29(12-10-28)24(32)22(30)15-5-6-15/h14-22,26-27,30H,2-13H2,1H3. The highest BCUT2D eigenvalue weighted by Gasteiger charge is 2.47. The van der Waals surface area contributed by atoms with Crippen LogP contribution in [0.4, 0.5) is 4.39 Å². The lowest BCUT2D eigenvalue weighted by Gasteiger charge is -2.43. The normalized spacial score (nSPS) is 41.3. The molecule has 2 heterocycles. The Labute approximate surface area is 190 Å². The van der Waals surface area contributed by atoms with Gasteiger partial charge in [-0.25, -0.2) is 4.39 Å². The molecule has 0 aromatic rings. The molecule has 5 aliphatic rings. The van der Waals surface area contributed by atoms with Crippen molar-refractivity contribution in [2.24, 2.45) is 29.6 Å². The topological polar surface area (TPSA) is 84.9 Å². The predicted molar refractivity (Wildman–Crippen MR) is 118 cm³/mol. The fourth-order valence-electron chi connectivity index (χ4n) is 6.90. The summed E-state index contributed by atoms with van der Waals surface area (Å²) in [5, 5.41) is 10.1. The molecule has 2 saturated heterocycles. The first-order valence-corrected chi connectivity index (χ1v) is 12.8. The van der Waals surface area contributed by atoms with Crippen molar-refractivity contribution in [3.8, 4) is 0 Å². The molecule has 0 spiro atoms. The third kappa shape index (κ3) is 4.30. The van der Waals surface area contributed by atoms with E-state index in [-0.39, 0.29) is 17.7 Å². The van der Waals surface area contributed by atoms with Gasteiger partial charge < -0.3 is 14.9 Å². The van der Waals surface area contributed by atoms with Crippen LogP contribution < -0.4 is 10.9 Å². The molecule has 0 radical (unpaired) electrons. The number of fused-ring (bicyclic) bond motifs is 1. The summed E-state index contributed by atoms with van der Waals surface area (Å²) >= 11 is 0. The average molecular weight is 451 g/mol. The van der Waals surface area contributed by atoms with Crippen molar-refractivity contribution in [3.63, 3.8) is 0 Å². The maximum atomic E-state index is 15.3. The number of hydrogen-bond acceptors (Lipinski definition) is 5. The molecule has 3 saturated carbocycles. The van der Waals surface area contributed by atoms with Gasteiger partial charge in [0.15, 0.2) is 0 Å². The van der Waals surface area contributed by atoms with Gasteiger partial charge >= 0.3 is 0 Å². The van der Waals surface area contributed by atoms with Crippen LogP contribution in [-0.4, -0.2) is 77.3 Å². The Morgan fingerprint density at radius 3 is 2.31 bits per heavy atom. The molecule has 2 aliphatic heterocycles. The summed E-state index contributed by atoms with van der Waals surface area (Å²) in [5.74, 6) is 0.748. The Kier molecular flexibility index (Phi) is 6.47. The van der Waals surface area contributed by atoms with Crippen LogP contribution in [-0.2, 0) is 9.59 Å². The van der Waals surface area contributed by atoms with E-state index in [1.807, 2.05) is 0 Å². The maximum absolute atomic E-state index is 15.3. The van der Waals surface area contributed by atoms with Gasteiger partial charge in [0.1, 0.15) is 12.3 Å². The van der Waals surface area contributed by atoms with E-state index in [0.29, 0.717) is 68.9 Å². The van der Waals surface area contributed by atoms with E-state index in [2.05, 4.69) is 17.8 Å². The molecule has 0 bridgehead atoms.